The number of nitrogens with zero attached hydrogens (tertiary/aromatic N) is 1. The van der Waals surface area contributed by atoms with Gasteiger partial charge in [0.2, 0.25) is 0 Å². The van der Waals surface area contributed by atoms with Gasteiger partial charge in [0, 0.05) is 11.8 Å². The van der Waals surface area contributed by atoms with Gasteiger partial charge in [0.15, 0.2) is 0 Å². The first-order chi connectivity index (χ1) is 8.15. The highest BCUT2D eigenvalue weighted by Crippen LogP contribution is 2.23. The number of halogens is 3. The molecule has 5 heteroatoms. The van der Waals surface area contributed by atoms with Crippen LogP contribution in [0.5, 0.6) is 5.75 Å². The van der Waals surface area contributed by atoms with E-state index in [0.29, 0.717) is 0 Å². The Hall–Kier alpha value is -1.49. The van der Waals surface area contributed by atoms with Gasteiger partial charge in [0.1, 0.15) is 10.4 Å². The number of ether oxygens (including phenoxy) is 1. The zero-order valence-corrected chi connectivity index (χ0v) is 10.2. The third-order valence-electron chi connectivity index (χ3n) is 2.14. The SMILES string of the molecule is FC(F)Oc1ccc(-c2ccc(Br)nc2)cc1. The van der Waals surface area contributed by atoms with Crippen molar-refractivity contribution in [3.8, 4) is 16.9 Å². The molecule has 2 aromatic rings. The smallest absolute Gasteiger partial charge is 0.387 e. The van der Waals surface area contributed by atoms with Crippen molar-refractivity contribution in [1.29, 1.82) is 0 Å². The van der Waals surface area contributed by atoms with Crippen molar-refractivity contribution in [2.75, 3.05) is 0 Å². The van der Waals surface area contributed by atoms with E-state index >= 15 is 0 Å². The van der Waals surface area contributed by atoms with E-state index in [9.17, 15) is 8.78 Å². The topological polar surface area (TPSA) is 22.1 Å². The lowest BCUT2D eigenvalue weighted by molar-refractivity contribution is -0.0498. The molecule has 2 nitrogen and oxygen atoms in total. The highest BCUT2D eigenvalue weighted by atomic mass is 79.9. The van der Waals surface area contributed by atoms with Gasteiger partial charge in [-0.15, -0.1) is 0 Å². The van der Waals surface area contributed by atoms with Crippen molar-refractivity contribution >= 4 is 15.9 Å². The fourth-order valence-electron chi connectivity index (χ4n) is 1.38. The number of hydrogen-bond acceptors (Lipinski definition) is 2. The highest BCUT2D eigenvalue weighted by Gasteiger charge is 2.04. The summed E-state index contributed by atoms with van der Waals surface area (Å²) in [6, 6.07) is 10.1. The molecule has 0 aliphatic carbocycles. The maximum absolute atomic E-state index is 12.0. The van der Waals surface area contributed by atoms with E-state index in [0.717, 1.165) is 15.7 Å². The van der Waals surface area contributed by atoms with Crippen LogP contribution in [0.3, 0.4) is 0 Å². The zero-order valence-electron chi connectivity index (χ0n) is 8.61. The van der Waals surface area contributed by atoms with Gasteiger partial charge in [-0.05, 0) is 39.7 Å². The Labute approximate surface area is 105 Å². The average molecular weight is 300 g/mol. The van der Waals surface area contributed by atoms with Crippen molar-refractivity contribution in [3.05, 3.63) is 47.2 Å². The summed E-state index contributed by atoms with van der Waals surface area (Å²) in [7, 11) is 0. The quantitative estimate of drug-likeness (QED) is 0.796. The minimum Gasteiger partial charge on any atom is -0.435 e. The number of rotatable bonds is 3. The molecule has 0 N–H and O–H groups in total. The maximum atomic E-state index is 12.0. The Morgan fingerprint density at radius 1 is 1.00 bits per heavy atom. The molecule has 0 aliphatic rings. The van der Waals surface area contributed by atoms with Gasteiger partial charge >= 0.3 is 6.61 Å². The van der Waals surface area contributed by atoms with Gasteiger partial charge in [-0.25, -0.2) is 4.98 Å². The van der Waals surface area contributed by atoms with E-state index in [-0.39, 0.29) is 5.75 Å². The molecule has 0 amide bonds. The molecule has 88 valence electrons. The summed E-state index contributed by atoms with van der Waals surface area (Å²) in [5.41, 5.74) is 1.81. The molecule has 0 radical (unpaired) electrons. The monoisotopic (exact) mass is 299 g/mol. The van der Waals surface area contributed by atoms with E-state index in [1.165, 1.54) is 12.1 Å². The van der Waals surface area contributed by atoms with Gasteiger partial charge in [0.05, 0.1) is 0 Å². The van der Waals surface area contributed by atoms with Crippen molar-refractivity contribution < 1.29 is 13.5 Å². The Morgan fingerprint density at radius 2 is 1.65 bits per heavy atom. The second-order valence-electron chi connectivity index (χ2n) is 3.27. The summed E-state index contributed by atoms with van der Waals surface area (Å²) in [4.78, 5) is 4.09. The first-order valence-corrected chi connectivity index (χ1v) is 5.61. The molecule has 17 heavy (non-hydrogen) atoms. The third kappa shape index (κ3) is 3.23. The Kier molecular flexibility index (Phi) is 3.68. The van der Waals surface area contributed by atoms with Crippen LogP contribution in [-0.2, 0) is 0 Å². The minimum atomic E-state index is -2.80. The molecule has 1 aromatic carbocycles. The lowest BCUT2D eigenvalue weighted by Crippen LogP contribution is -2.01. The van der Waals surface area contributed by atoms with E-state index < -0.39 is 6.61 Å². The normalized spacial score (nSPS) is 10.6. The van der Waals surface area contributed by atoms with Crippen LogP contribution in [0.2, 0.25) is 0 Å². The molecule has 0 aliphatic heterocycles. The molecule has 0 saturated heterocycles. The molecule has 0 spiro atoms. The molecule has 0 fully saturated rings. The largest absolute Gasteiger partial charge is 0.435 e. The van der Waals surface area contributed by atoms with Gasteiger partial charge in [-0.3, -0.25) is 0 Å². The number of hydrogen-bond donors (Lipinski definition) is 0. The standard InChI is InChI=1S/C12H8BrF2NO/c13-11-6-3-9(7-16-11)8-1-4-10(5-2-8)17-12(14)15/h1-7,12H. The first kappa shape index (κ1) is 12.0. The van der Waals surface area contributed by atoms with E-state index in [1.54, 1.807) is 18.3 Å². The molecule has 2 rings (SSSR count). The second kappa shape index (κ2) is 5.23. The van der Waals surface area contributed by atoms with Gasteiger partial charge in [-0.2, -0.15) is 8.78 Å². The van der Waals surface area contributed by atoms with Crippen LogP contribution in [0.15, 0.2) is 47.2 Å². The summed E-state index contributed by atoms with van der Waals surface area (Å²) in [5, 5.41) is 0. The summed E-state index contributed by atoms with van der Waals surface area (Å²) in [6.45, 7) is -2.80. The van der Waals surface area contributed by atoms with Crippen LogP contribution in [0.4, 0.5) is 8.78 Å². The fourth-order valence-corrected chi connectivity index (χ4v) is 1.61. The van der Waals surface area contributed by atoms with Crippen LogP contribution in [0.25, 0.3) is 11.1 Å². The first-order valence-electron chi connectivity index (χ1n) is 4.82. The van der Waals surface area contributed by atoms with Gasteiger partial charge in [-0.1, -0.05) is 18.2 Å². The maximum Gasteiger partial charge on any atom is 0.387 e. The molecule has 0 atom stereocenters. The molecule has 0 unspecified atom stereocenters. The number of aromatic nitrogens is 1. The van der Waals surface area contributed by atoms with Crippen LogP contribution < -0.4 is 4.74 Å². The lowest BCUT2D eigenvalue weighted by atomic mass is 10.1. The van der Waals surface area contributed by atoms with Crippen molar-refractivity contribution in [3.63, 3.8) is 0 Å². The van der Waals surface area contributed by atoms with E-state index in [1.807, 2.05) is 12.1 Å². The van der Waals surface area contributed by atoms with Crippen LogP contribution in [0, 0.1) is 0 Å². The molecular formula is C12H8BrF2NO. The fraction of sp³-hybridized carbons (Fsp3) is 0.0833. The Bertz CT molecular complexity index is 485. The molecule has 0 saturated carbocycles. The molecule has 1 heterocycles. The van der Waals surface area contributed by atoms with Crippen LogP contribution in [0.1, 0.15) is 0 Å². The van der Waals surface area contributed by atoms with Crippen LogP contribution in [-0.4, -0.2) is 11.6 Å². The van der Waals surface area contributed by atoms with E-state index in [4.69, 9.17) is 0 Å². The van der Waals surface area contributed by atoms with Crippen molar-refractivity contribution in [2.24, 2.45) is 0 Å². The number of benzene rings is 1. The minimum absolute atomic E-state index is 0.147. The summed E-state index contributed by atoms with van der Waals surface area (Å²) >= 11 is 3.24. The molecular weight excluding hydrogens is 292 g/mol. The number of alkyl halides is 2. The van der Waals surface area contributed by atoms with Crippen molar-refractivity contribution in [2.45, 2.75) is 6.61 Å². The van der Waals surface area contributed by atoms with E-state index in [2.05, 4.69) is 25.7 Å². The predicted octanol–water partition coefficient (Wildman–Crippen LogP) is 4.11. The number of pyridine rings is 1. The zero-order chi connectivity index (χ0) is 12.3. The van der Waals surface area contributed by atoms with Gasteiger partial charge in [0.25, 0.3) is 0 Å². The lowest BCUT2D eigenvalue weighted by Gasteiger charge is -2.05. The predicted molar refractivity (Wildman–Crippen MR) is 64.0 cm³/mol. The third-order valence-corrected chi connectivity index (χ3v) is 2.61. The van der Waals surface area contributed by atoms with Gasteiger partial charge < -0.3 is 4.74 Å². The van der Waals surface area contributed by atoms with Crippen LogP contribution >= 0.6 is 15.9 Å². The summed E-state index contributed by atoms with van der Waals surface area (Å²) in [6.07, 6.45) is 1.70. The molecule has 0 bridgehead atoms. The highest BCUT2D eigenvalue weighted by molar-refractivity contribution is 9.10. The summed E-state index contributed by atoms with van der Waals surface area (Å²) < 4.78 is 28.9. The average Bonchev–Trinajstić information content (AvgIpc) is 2.30. The Balaban J connectivity index is 2.20. The molecule has 1 aromatic heterocycles. The summed E-state index contributed by atoms with van der Waals surface area (Å²) in [5.74, 6) is 0.147. The second-order valence-corrected chi connectivity index (χ2v) is 4.08. The van der Waals surface area contributed by atoms with Crippen molar-refractivity contribution in [1.82, 2.24) is 4.98 Å². The Morgan fingerprint density at radius 3 is 2.18 bits per heavy atom.